The Labute approximate surface area is 90.9 Å². The molecular formula is C13H16NO. The van der Waals surface area contributed by atoms with Crippen molar-refractivity contribution < 1.29 is 4.84 Å². The quantitative estimate of drug-likeness (QED) is 0.542. The van der Waals surface area contributed by atoms with Crippen molar-refractivity contribution in [1.29, 1.82) is 0 Å². The van der Waals surface area contributed by atoms with Crippen molar-refractivity contribution in [2.75, 3.05) is 0 Å². The van der Waals surface area contributed by atoms with Gasteiger partial charge in [0.2, 0.25) is 0 Å². The van der Waals surface area contributed by atoms with Crippen LogP contribution < -0.4 is 0 Å². The molecule has 1 radical (unpaired) electrons. The van der Waals surface area contributed by atoms with Gasteiger partial charge in [0.25, 0.3) is 0 Å². The molecule has 2 nitrogen and oxygen atoms in total. The van der Waals surface area contributed by atoms with Crippen LogP contribution in [0.4, 0.5) is 0 Å². The molecule has 1 aromatic carbocycles. The Morgan fingerprint density at radius 3 is 2.67 bits per heavy atom. The van der Waals surface area contributed by atoms with Crippen molar-refractivity contribution in [3.63, 3.8) is 0 Å². The van der Waals surface area contributed by atoms with E-state index in [4.69, 9.17) is 4.84 Å². The van der Waals surface area contributed by atoms with E-state index in [0.29, 0.717) is 12.5 Å². The van der Waals surface area contributed by atoms with E-state index < -0.39 is 0 Å². The molecule has 1 aliphatic carbocycles. The average Bonchev–Trinajstić information content (AvgIpc) is 2.79. The molecule has 1 saturated carbocycles. The van der Waals surface area contributed by atoms with Crippen LogP contribution in [0.2, 0.25) is 0 Å². The van der Waals surface area contributed by atoms with Crippen LogP contribution in [0.5, 0.6) is 0 Å². The number of hydrogen-bond donors (Lipinski definition) is 0. The molecule has 0 unspecified atom stereocenters. The van der Waals surface area contributed by atoms with Crippen molar-refractivity contribution in [1.82, 2.24) is 0 Å². The molecule has 2 heteroatoms. The summed E-state index contributed by atoms with van der Waals surface area (Å²) in [5.41, 5.74) is 1.15. The summed E-state index contributed by atoms with van der Waals surface area (Å²) >= 11 is 0. The van der Waals surface area contributed by atoms with Gasteiger partial charge in [-0.05, 0) is 18.4 Å². The first kappa shape index (κ1) is 10.2. The molecule has 0 heterocycles. The molecule has 0 aromatic heterocycles. The predicted molar refractivity (Wildman–Crippen MR) is 60.6 cm³/mol. The first-order valence-electron chi connectivity index (χ1n) is 5.56. The molecule has 2 rings (SSSR count). The van der Waals surface area contributed by atoms with Crippen LogP contribution in [-0.2, 0) is 11.4 Å². The molecule has 15 heavy (non-hydrogen) atoms. The monoisotopic (exact) mass is 202 g/mol. The lowest BCUT2D eigenvalue weighted by molar-refractivity contribution is 0.130. The van der Waals surface area contributed by atoms with Crippen molar-refractivity contribution in [3.05, 3.63) is 35.9 Å². The molecule has 0 amide bonds. The minimum Gasteiger partial charge on any atom is -0.391 e. The molecule has 0 aliphatic heterocycles. The lowest BCUT2D eigenvalue weighted by Crippen LogP contribution is -1.95. The minimum absolute atomic E-state index is 0.528. The normalized spacial score (nSPS) is 17.3. The maximum atomic E-state index is 5.20. The zero-order valence-corrected chi connectivity index (χ0v) is 8.86. The SMILES string of the molecule is [C](=N/OCc1ccccc1)/C1CCCC1. The highest BCUT2D eigenvalue weighted by atomic mass is 16.6. The van der Waals surface area contributed by atoms with Gasteiger partial charge in [-0.25, -0.2) is 0 Å². The van der Waals surface area contributed by atoms with Gasteiger partial charge in [0, 0.05) is 5.92 Å². The van der Waals surface area contributed by atoms with Gasteiger partial charge in [-0.15, -0.1) is 0 Å². The van der Waals surface area contributed by atoms with E-state index in [9.17, 15) is 0 Å². The molecule has 0 N–H and O–H groups in total. The van der Waals surface area contributed by atoms with Crippen LogP contribution in [0.3, 0.4) is 0 Å². The van der Waals surface area contributed by atoms with Crippen molar-refractivity contribution in [3.8, 4) is 0 Å². The molecule has 1 fully saturated rings. The van der Waals surface area contributed by atoms with Crippen molar-refractivity contribution >= 4 is 6.21 Å². The fourth-order valence-electron chi connectivity index (χ4n) is 1.85. The van der Waals surface area contributed by atoms with E-state index in [-0.39, 0.29) is 0 Å². The van der Waals surface area contributed by atoms with Gasteiger partial charge < -0.3 is 4.84 Å². The van der Waals surface area contributed by atoms with Crippen LogP contribution in [-0.4, -0.2) is 6.21 Å². The van der Waals surface area contributed by atoms with E-state index in [1.807, 2.05) is 30.3 Å². The van der Waals surface area contributed by atoms with Crippen LogP contribution in [0, 0.1) is 5.92 Å². The second-order valence-electron chi connectivity index (χ2n) is 3.96. The predicted octanol–water partition coefficient (Wildman–Crippen LogP) is 3.26. The van der Waals surface area contributed by atoms with Crippen molar-refractivity contribution in [2.45, 2.75) is 32.3 Å². The van der Waals surface area contributed by atoms with Crippen LogP contribution in [0.1, 0.15) is 31.2 Å². The molecule has 0 saturated heterocycles. The third kappa shape index (κ3) is 3.39. The van der Waals surface area contributed by atoms with Gasteiger partial charge in [0.1, 0.15) is 12.8 Å². The number of benzene rings is 1. The van der Waals surface area contributed by atoms with E-state index in [1.165, 1.54) is 25.7 Å². The summed E-state index contributed by atoms with van der Waals surface area (Å²) in [4.78, 5) is 5.20. The van der Waals surface area contributed by atoms with Crippen LogP contribution in [0.15, 0.2) is 35.5 Å². The Bertz CT molecular complexity index is 302. The third-order valence-corrected chi connectivity index (χ3v) is 2.73. The molecule has 0 atom stereocenters. The molecule has 1 aromatic rings. The molecular weight excluding hydrogens is 186 g/mol. The first-order valence-corrected chi connectivity index (χ1v) is 5.56. The summed E-state index contributed by atoms with van der Waals surface area (Å²) in [5, 5.41) is 3.90. The number of nitrogens with zero attached hydrogens (tertiary/aromatic N) is 1. The largest absolute Gasteiger partial charge is 0.391 e. The van der Waals surface area contributed by atoms with E-state index in [2.05, 4.69) is 11.4 Å². The average molecular weight is 202 g/mol. The van der Waals surface area contributed by atoms with Gasteiger partial charge in [0.15, 0.2) is 0 Å². The van der Waals surface area contributed by atoms with E-state index >= 15 is 0 Å². The first-order chi connectivity index (χ1) is 7.45. The lowest BCUT2D eigenvalue weighted by atomic mass is 10.1. The summed E-state index contributed by atoms with van der Waals surface area (Å²) in [7, 11) is 0. The summed E-state index contributed by atoms with van der Waals surface area (Å²) in [6.07, 6.45) is 8.12. The third-order valence-electron chi connectivity index (χ3n) is 2.73. The van der Waals surface area contributed by atoms with E-state index in [0.717, 1.165) is 5.56 Å². The fourth-order valence-corrected chi connectivity index (χ4v) is 1.85. The second kappa shape index (κ2) is 5.54. The van der Waals surface area contributed by atoms with E-state index in [1.54, 1.807) is 0 Å². The summed E-state index contributed by atoms with van der Waals surface area (Å²) in [6.45, 7) is 0.542. The van der Waals surface area contributed by atoms with Crippen LogP contribution >= 0.6 is 0 Å². The smallest absolute Gasteiger partial charge is 0.142 e. The Morgan fingerprint density at radius 1 is 1.20 bits per heavy atom. The maximum Gasteiger partial charge on any atom is 0.142 e. The van der Waals surface area contributed by atoms with Crippen LogP contribution in [0.25, 0.3) is 0 Å². The molecule has 1 aliphatic rings. The summed E-state index contributed by atoms with van der Waals surface area (Å²) in [6, 6.07) is 10.1. The van der Waals surface area contributed by atoms with Crippen molar-refractivity contribution in [2.24, 2.45) is 11.1 Å². The molecule has 0 spiro atoms. The van der Waals surface area contributed by atoms with Gasteiger partial charge in [-0.3, -0.25) is 0 Å². The maximum absolute atomic E-state index is 5.20. The Balaban J connectivity index is 1.70. The number of rotatable bonds is 4. The summed E-state index contributed by atoms with van der Waals surface area (Å²) in [5.74, 6) is 0.528. The fraction of sp³-hybridized carbons (Fsp3) is 0.462. The zero-order valence-electron chi connectivity index (χ0n) is 8.86. The molecule has 0 bridgehead atoms. The van der Waals surface area contributed by atoms with Gasteiger partial charge in [-0.2, -0.15) is 0 Å². The Morgan fingerprint density at radius 2 is 1.93 bits per heavy atom. The number of hydrogen-bond acceptors (Lipinski definition) is 2. The highest BCUT2D eigenvalue weighted by molar-refractivity contribution is 5.60. The standard InChI is InChI=1S/C13H16NO/c1-2-8-13(9-3-1)11-15-14-10-12-6-4-5-7-12/h1-3,8-9,12H,4-7,11H2. The second-order valence-corrected chi connectivity index (χ2v) is 3.96. The topological polar surface area (TPSA) is 21.6 Å². The Hall–Kier alpha value is -1.31. The highest BCUT2D eigenvalue weighted by Crippen LogP contribution is 2.22. The summed E-state index contributed by atoms with van der Waals surface area (Å²) < 4.78 is 0. The highest BCUT2D eigenvalue weighted by Gasteiger charge is 2.12. The zero-order chi connectivity index (χ0) is 10.3. The molecule has 79 valence electrons. The van der Waals surface area contributed by atoms with Gasteiger partial charge >= 0.3 is 0 Å². The minimum atomic E-state index is 0.528. The lowest BCUT2D eigenvalue weighted by Gasteiger charge is -2.00. The van der Waals surface area contributed by atoms with Gasteiger partial charge in [0.05, 0.1) is 0 Å². The Kier molecular flexibility index (Phi) is 3.77. The van der Waals surface area contributed by atoms with Gasteiger partial charge in [-0.1, -0.05) is 48.3 Å².